The zero-order chi connectivity index (χ0) is 18.9. The molecule has 1 aromatic carbocycles. The molecule has 2 nitrogen and oxygen atoms in total. The van der Waals surface area contributed by atoms with Gasteiger partial charge in [-0.2, -0.15) is 0 Å². The molecule has 3 unspecified atom stereocenters. The molecule has 1 heterocycles. The van der Waals surface area contributed by atoms with Gasteiger partial charge in [-0.25, -0.2) is 0 Å². The van der Waals surface area contributed by atoms with Gasteiger partial charge in [-0.15, -0.1) is 0 Å². The third-order valence-corrected chi connectivity index (χ3v) is 5.88. The molecule has 0 bridgehead atoms. The quantitative estimate of drug-likeness (QED) is 0.429. The van der Waals surface area contributed by atoms with Crippen LogP contribution in [0.3, 0.4) is 0 Å². The fourth-order valence-corrected chi connectivity index (χ4v) is 4.14. The van der Waals surface area contributed by atoms with Gasteiger partial charge in [0.15, 0.2) is 0 Å². The van der Waals surface area contributed by atoms with Gasteiger partial charge in [0.25, 0.3) is 0 Å². The first kappa shape index (κ1) is 21.1. The van der Waals surface area contributed by atoms with Crippen LogP contribution in [0.1, 0.15) is 91.0 Å². The van der Waals surface area contributed by atoms with Crippen LogP contribution >= 0.6 is 0 Å². The molecule has 0 fully saturated rings. The van der Waals surface area contributed by atoms with Gasteiger partial charge in [-0.05, 0) is 48.8 Å². The van der Waals surface area contributed by atoms with Crippen molar-refractivity contribution in [1.29, 1.82) is 0 Å². The van der Waals surface area contributed by atoms with E-state index in [-0.39, 0.29) is 0 Å². The highest BCUT2D eigenvalue weighted by molar-refractivity contribution is 5.42. The Morgan fingerprint density at radius 1 is 0.923 bits per heavy atom. The molecule has 0 aromatic heterocycles. The summed E-state index contributed by atoms with van der Waals surface area (Å²) in [5.74, 6) is 3.88. The fourth-order valence-electron chi connectivity index (χ4n) is 4.14. The van der Waals surface area contributed by atoms with E-state index in [1.165, 1.54) is 51.4 Å². The fraction of sp³-hybridized carbons (Fsp3) is 0.750. The second-order valence-corrected chi connectivity index (χ2v) is 9.13. The van der Waals surface area contributed by atoms with Crippen molar-refractivity contribution in [2.75, 3.05) is 0 Å². The summed E-state index contributed by atoms with van der Waals surface area (Å²) in [4.78, 5) is 0. The summed E-state index contributed by atoms with van der Waals surface area (Å²) in [6, 6.07) is 5.46. The Labute approximate surface area is 161 Å². The predicted octanol–water partition coefficient (Wildman–Crippen LogP) is 7.13. The molecule has 1 aliphatic heterocycles. The van der Waals surface area contributed by atoms with Crippen molar-refractivity contribution in [3.8, 4) is 11.5 Å². The Hall–Kier alpha value is -1.18. The van der Waals surface area contributed by atoms with E-state index in [2.05, 4.69) is 27.7 Å². The average molecular weight is 361 g/mol. The number of ether oxygens (including phenoxy) is 1. The molecule has 148 valence electrons. The van der Waals surface area contributed by atoms with Crippen molar-refractivity contribution in [2.24, 2.45) is 17.8 Å². The van der Waals surface area contributed by atoms with E-state index < -0.39 is 0 Å². The van der Waals surface area contributed by atoms with Crippen molar-refractivity contribution < 1.29 is 9.84 Å². The lowest BCUT2D eigenvalue weighted by Crippen LogP contribution is -2.13. The maximum Gasteiger partial charge on any atom is 0.123 e. The van der Waals surface area contributed by atoms with Crippen LogP contribution < -0.4 is 4.74 Å². The molecular weight excluding hydrogens is 320 g/mol. The Morgan fingerprint density at radius 3 is 2.19 bits per heavy atom. The second-order valence-electron chi connectivity index (χ2n) is 9.13. The van der Waals surface area contributed by atoms with Crippen LogP contribution in [0.15, 0.2) is 18.2 Å². The summed E-state index contributed by atoms with van der Waals surface area (Å²) in [5, 5.41) is 9.57. The summed E-state index contributed by atoms with van der Waals surface area (Å²) in [7, 11) is 0. The van der Waals surface area contributed by atoms with E-state index in [9.17, 15) is 5.11 Å². The first-order valence-electron chi connectivity index (χ1n) is 10.9. The van der Waals surface area contributed by atoms with E-state index in [1.54, 1.807) is 6.07 Å². The normalized spacial score (nSPS) is 18.6. The number of hydrogen-bond donors (Lipinski definition) is 1. The number of benzene rings is 1. The summed E-state index contributed by atoms with van der Waals surface area (Å²) < 4.78 is 6.00. The molecule has 1 aromatic rings. The molecule has 3 atom stereocenters. The highest BCUT2D eigenvalue weighted by atomic mass is 16.5. The molecular formula is C24H40O2. The van der Waals surface area contributed by atoms with Crippen LogP contribution in [0.2, 0.25) is 0 Å². The van der Waals surface area contributed by atoms with Crippen LogP contribution in [0.4, 0.5) is 0 Å². The molecule has 1 aliphatic rings. The minimum absolute atomic E-state index is 0.306. The number of hydrogen-bond acceptors (Lipinski definition) is 2. The van der Waals surface area contributed by atoms with E-state index in [0.717, 1.165) is 41.9 Å². The van der Waals surface area contributed by atoms with Crippen LogP contribution in [0, 0.1) is 17.8 Å². The Kier molecular flexibility index (Phi) is 8.81. The Bertz CT molecular complexity index is 523. The monoisotopic (exact) mass is 360 g/mol. The molecule has 0 aliphatic carbocycles. The summed E-state index contributed by atoms with van der Waals surface area (Å²) >= 11 is 0. The van der Waals surface area contributed by atoms with Gasteiger partial charge in [0.1, 0.15) is 17.6 Å². The largest absolute Gasteiger partial charge is 0.508 e. The van der Waals surface area contributed by atoms with E-state index >= 15 is 0 Å². The van der Waals surface area contributed by atoms with Crippen LogP contribution in [-0.2, 0) is 6.42 Å². The highest BCUT2D eigenvalue weighted by Crippen LogP contribution is 2.33. The molecule has 26 heavy (non-hydrogen) atoms. The zero-order valence-electron chi connectivity index (χ0n) is 17.5. The third kappa shape index (κ3) is 7.60. The molecule has 0 saturated carbocycles. The van der Waals surface area contributed by atoms with Crippen molar-refractivity contribution in [3.05, 3.63) is 23.8 Å². The van der Waals surface area contributed by atoms with E-state index in [1.807, 2.05) is 12.1 Å². The van der Waals surface area contributed by atoms with E-state index in [0.29, 0.717) is 11.9 Å². The summed E-state index contributed by atoms with van der Waals surface area (Å²) in [6.07, 6.45) is 13.3. The van der Waals surface area contributed by atoms with Gasteiger partial charge >= 0.3 is 0 Å². The maximum absolute atomic E-state index is 9.57. The second kappa shape index (κ2) is 10.8. The average Bonchev–Trinajstić information content (AvgIpc) is 2.96. The Balaban J connectivity index is 1.51. The van der Waals surface area contributed by atoms with Gasteiger partial charge in [0.2, 0.25) is 0 Å². The SMILES string of the molecule is CC(C)CCCC(C)CCCC(C)CCCC1Cc2cc(O)ccc2O1. The topological polar surface area (TPSA) is 29.5 Å². The van der Waals surface area contributed by atoms with Crippen molar-refractivity contribution in [2.45, 2.75) is 98.0 Å². The maximum atomic E-state index is 9.57. The van der Waals surface area contributed by atoms with Gasteiger partial charge in [0, 0.05) is 12.0 Å². The molecule has 0 radical (unpaired) electrons. The minimum Gasteiger partial charge on any atom is -0.508 e. The highest BCUT2D eigenvalue weighted by Gasteiger charge is 2.22. The summed E-state index contributed by atoms with van der Waals surface area (Å²) in [6.45, 7) is 9.49. The van der Waals surface area contributed by atoms with Gasteiger partial charge in [-0.3, -0.25) is 0 Å². The van der Waals surface area contributed by atoms with Crippen molar-refractivity contribution in [3.63, 3.8) is 0 Å². The first-order valence-corrected chi connectivity index (χ1v) is 10.9. The van der Waals surface area contributed by atoms with E-state index in [4.69, 9.17) is 4.74 Å². The van der Waals surface area contributed by atoms with Crippen LogP contribution in [0.25, 0.3) is 0 Å². The third-order valence-electron chi connectivity index (χ3n) is 5.88. The lowest BCUT2D eigenvalue weighted by Gasteiger charge is -2.16. The molecule has 0 saturated heterocycles. The smallest absolute Gasteiger partial charge is 0.123 e. The number of aromatic hydroxyl groups is 1. The predicted molar refractivity (Wildman–Crippen MR) is 111 cm³/mol. The zero-order valence-corrected chi connectivity index (χ0v) is 17.5. The van der Waals surface area contributed by atoms with Crippen molar-refractivity contribution in [1.82, 2.24) is 0 Å². The van der Waals surface area contributed by atoms with Gasteiger partial charge < -0.3 is 9.84 Å². The standard InChI is InChI=1S/C24H40O2/c1-18(2)8-5-9-19(3)10-6-11-20(4)12-7-13-23-17-21-16-22(25)14-15-24(21)26-23/h14-16,18-20,23,25H,5-13,17H2,1-4H3. The van der Waals surface area contributed by atoms with Crippen molar-refractivity contribution >= 4 is 0 Å². The summed E-state index contributed by atoms with van der Waals surface area (Å²) in [5.41, 5.74) is 1.16. The first-order chi connectivity index (χ1) is 12.4. The molecule has 2 rings (SSSR count). The lowest BCUT2D eigenvalue weighted by atomic mass is 9.91. The van der Waals surface area contributed by atoms with Gasteiger partial charge in [0.05, 0.1) is 0 Å². The minimum atomic E-state index is 0.306. The van der Waals surface area contributed by atoms with Gasteiger partial charge in [-0.1, -0.05) is 72.6 Å². The molecule has 0 spiro atoms. The number of phenolic OH excluding ortho intramolecular Hbond substituents is 1. The molecule has 2 heteroatoms. The number of rotatable bonds is 12. The van der Waals surface area contributed by atoms with Crippen LogP contribution in [-0.4, -0.2) is 11.2 Å². The molecule has 0 amide bonds. The molecule has 1 N–H and O–H groups in total. The Morgan fingerprint density at radius 2 is 1.54 bits per heavy atom. The lowest BCUT2D eigenvalue weighted by molar-refractivity contribution is 0.213. The number of phenols is 1. The number of fused-ring (bicyclic) bond motifs is 1. The van der Waals surface area contributed by atoms with Crippen LogP contribution in [0.5, 0.6) is 11.5 Å².